The standard InChI is InChI=1S/C20H20N4O/c1-3-18-22-12-17(13-23-18)20(25)24-19(16-8-10-21-11-9-16)15-6-4-14(2)5-7-15/h4-13,19H,3H2,1-2H3,(H,24,25)/t19-/m0/s1. The Bertz CT molecular complexity index is 830. The van der Waals surface area contributed by atoms with Crippen LogP contribution in [0, 0.1) is 6.92 Å². The van der Waals surface area contributed by atoms with Crippen LogP contribution in [-0.2, 0) is 6.42 Å². The Kier molecular flexibility index (Phi) is 5.14. The summed E-state index contributed by atoms with van der Waals surface area (Å²) < 4.78 is 0. The zero-order valence-electron chi connectivity index (χ0n) is 14.3. The van der Waals surface area contributed by atoms with E-state index >= 15 is 0 Å². The molecular formula is C20H20N4O. The van der Waals surface area contributed by atoms with Gasteiger partial charge in [-0.1, -0.05) is 36.8 Å². The van der Waals surface area contributed by atoms with E-state index < -0.39 is 0 Å². The van der Waals surface area contributed by atoms with E-state index in [4.69, 9.17) is 0 Å². The highest BCUT2D eigenvalue weighted by Crippen LogP contribution is 2.22. The molecule has 3 rings (SSSR count). The Morgan fingerprint density at radius 1 is 1.00 bits per heavy atom. The van der Waals surface area contributed by atoms with Gasteiger partial charge in [-0.3, -0.25) is 9.78 Å². The van der Waals surface area contributed by atoms with Gasteiger partial charge in [-0.05, 0) is 30.2 Å². The number of nitrogens with zero attached hydrogens (tertiary/aromatic N) is 3. The number of hydrogen-bond donors (Lipinski definition) is 1. The fourth-order valence-electron chi connectivity index (χ4n) is 2.54. The SMILES string of the molecule is CCc1ncc(C(=O)N[C@H](c2ccncc2)c2ccc(C)cc2)cn1. The molecule has 0 saturated carbocycles. The van der Waals surface area contributed by atoms with Crippen molar-refractivity contribution in [2.75, 3.05) is 0 Å². The summed E-state index contributed by atoms with van der Waals surface area (Å²) >= 11 is 0. The second-order valence-electron chi connectivity index (χ2n) is 5.84. The summed E-state index contributed by atoms with van der Waals surface area (Å²) in [5.74, 6) is 0.519. The van der Waals surface area contributed by atoms with Crippen molar-refractivity contribution in [2.45, 2.75) is 26.3 Å². The van der Waals surface area contributed by atoms with E-state index in [9.17, 15) is 4.79 Å². The second kappa shape index (κ2) is 7.66. The minimum atomic E-state index is -0.262. The Morgan fingerprint density at radius 3 is 2.20 bits per heavy atom. The monoisotopic (exact) mass is 332 g/mol. The van der Waals surface area contributed by atoms with Crippen molar-refractivity contribution < 1.29 is 4.79 Å². The molecule has 0 aliphatic heterocycles. The highest BCUT2D eigenvalue weighted by atomic mass is 16.1. The highest BCUT2D eigenvalue weighted by molar-refractivity contribution is 5.94. The molecule has 2 heterocycles. The van der Waals surface area contributed by atoms with E-state index in [2.05, 4.69) is 20.3 Å². The molecule has 3 aromatic rings. The first-order valence-electron chi connectivity index (χ1n) is 8.25. The zero-order valence-corrected chi connectivity index (χ0v) is 14.3. The van der Waals surface area contributed by atoms with Gasteiger partial charge in [0.2, 0.25) is 0 Å². The number of hydrogen-bond acceptors (Lipinski definition) is 4. The van der Waals surface area contributed by atoms with Gasteiger partial charge in [0.05, 0.1) is 11.6 Å². The molecular weight excluding hydrogens is 312 g/mol. The van der Waals surface area contributed by atoms with Crippen LogP contribution in [0.1, 0.15) is 45.8 Å². The molecule has 2 aromatic heterocycles. The van der Waals surface area contributed by atoms with Crippen LogP contribution in [0.25, 0.3) is 0 Å². The van der Waals surface area contributed by atoms with Crippen LogP contribution >= 0.6 is 0 Å². The molecule has 0 aliphatic rings. The van der Waals surface area contributed by atoms with E-state index in [-0.39, 0.29) is 11.9 Å². The normalized spacial score (nSPS) is 11.8. The number of pyridine rings is 1. The van der Waals surface area contributed by atoms with Crippen molar-refractivity contribution in [1.82, 2.24) is 20.3 Å². The van der Waals surface area contributed by atoms with Crippen LogP contribution in [0.4, 0.5) is 0 Å². The molecule has 0 fully saturated rings. The molecule has 0 saturated heterocycles. The van der Waals surface area contributed by atoms with E-state index in [1.54, 1.807) is 24.8 Å². The number of carbonyl (C=O) groups is 1. The number of carbonyl (C=O) groups excluding carboxylic acids is 1. The quantitative estimate of drug-likeness (QED) is 0.779. The van der Waals surface area contributed by atoms with E-state index in [0.29, 0.717) is 5.56 Å². The lowest BCUT2D eigenvalue weighted by molar-refractivity contribution is 0.0942. The second-order valence-corrected chi connectivity index (χ2v) is 5.84. The fourth-order valence-corrected chi connectivity index (χ4v) is 2.54. The number of benzene rings is 1. The number of aromatic nitrogens is 3. The van der Waals surface area contributed by atoms with Gasteiger partial charge in [-0.2, -0.15) is 0 Å². The molecule has 25 heavy (non-hydrogen) atoms. The molecule has 1 atom stereocenters. The lowest BCUT2D eigenvalue weighted by atomic mass is 9.98. The van der Waals surface area contributed by atoms with Crippen molar-refractivity contribution >= 4 is 5.91 Å². The Morgan fingerprint density at radius 2 is 1.60 bits per heavy atom. The third kappa shape index (κ3) is 4.07. The summed E-state index contributed by atoms with van der Waals surface area (Å²) in [6, 6.07) is 11.7. The Labute approximate surface area is 147 Å². The summed E-state index contributed by atoms with van der Waals surface area (Å²) in [6.07, 6.45) is 7.33. The summed E-state index contributed by atoms with van der Waals surface area (Å²) in [6.45, 7) is 4.02. The maximum Gasteiger partial charge on any atom is 0.255 e. The van der Waals surface area contributed by atoms with Gasteiger partial charge in [0.1, 0.15) is 5.82 Å². The van der Waals surface area contributed by atoms with Gasteiger partial charge in [-0.15, -0.1) is 0 Å². The van der Waals surface area contributed by atoms with Crippen molar-refractivity contribution in [3.63, 3.8) is 0 Å². The molecule has 1 N–H and O–H groups in total. The molecule has 5 nitrogen and oxygen atoms in total. The fraction of sp³-hybridized carbons (Fsp3) is 0.200. The van der Waals surface area contributed by atoms with Gasteiger partial charge in [0.15, 0.2) is 0 Å². The minimum absolute atomic E-state index is 0.204. The number of rotatable bonds is 5. The number of aryl methyl sites for hydroxylation is 2. The average Bonchev–Trinajstić information content (AvgIpc) is 2.67. The van der Waals surface area contributed by atoms with Gasteiger partial charge in [0, 0.05) is 31.2 Å². The van der Waals surface area contributed by atoms with Gasteiger partial charge < -0.3 is 5.32 Å². The zero-order chi connectivity index (χ0) is 17.6. The predicted octanol–water partition coefficient (Wildman–Crippen LogP) is 3.26. The molecule has 0 bridgehead atoms. The smallest absolute Gasteiger partial charge is 0.255 e. The van der Waals surface area contributed by atoms with Crippen LogP contribution in [-0.4, -0.2) is 20.9 Å². The number of amides is 1. The number of nitrogens with one attached hydrogen (secondary N) is 1. The van der Waals surface area contributed by atoms with Crippen molar-refractivity contribution in [2.24, 2.45) is 0 Å². The van der Waals surface area contributed by atoms with E-state index in [1.165, 1.54) is 5.56 Å². The van der Waals surface area contributed by atoms with Crippen LogP contribution < -0.4 is 5.32 Å². The van der Waals surface area contributed by atoms with E-state index in [0.717, 1.165) is 23.4 Å². The van der Waals surface area contributed by atoms with Crippen molar-refractivity contribution in [1.29, 1.82) is 0 Å². The van der Waals surface area contributed by atoms with Crippen molar-refractivity contribution in [3.8, 4) is 0 Å². The largest absolute Gasteiger partial charge is 0.341 e. The van der Waals surface area contributed by atoms with E-state index in [1.807, 2.05) is 50.2 Å². The lowest BCUT2D eigenvalue weighted by Gasteiger charge is -2.20. The summed E-state index contributed by atoms with van der Waals surface area (Å²) in [5.41, 5.74) is 3.60. The average molecular weight is 332 g/mol. The lowest BCUT2D eigenvalue weighted by Crippen LogP contribution is -2.29. The molecule has 126 valence electrons. The minimum Gasteiger partial charge on any atom is -0.341 e. The first-order chi connectivity index (χ1) is 12.2. The maximum absolute atomic E-state index is 12.7. The van der Waals surface area contributed by atoms with Gasteiger partial charge in [0.25, 0.3) is 5.91 Å². The predicted molar refractivity (Wildman–Crippen MR) is 96.1 cm³/mol. The summed E-state index contributed by atoms with van der Waals surface area (Å²) in [7, 11) is 0. The Balaban J connectivity index is 1.89. The van der Waals surface area contributed by atoms with Crippen LogP contribution in [0.2, 0.25) is 0 Å². The molecule has 1 amide bonds. The molecule has 5 heteroatoms. The highest BCUT2D eigenvalue weighted by Gasteiger charge is 2.18. The third-order valence-corrected chi connectivity index (χ3v) is 4.01. The first-order valence-corrected chi connectivity index (χ1v) is 8.25. The van der Waals surface area contributed by atoms with Gasteiger partial charge in [-0.25, -0.2) is 9.97 Å². The molecule has 0 aliphatic carbocycles. The van der Waals surface area contributed by atoms with Crippen LogP contribution in [0.15, 0.2) is 61.2 Å². The summed E-state index contributed by atoms with van der Waals surface area (Å²) in [5, 5.41) is 3.08. The Hall–Kier alpha value is -3.08. The van der Waals surface area contributed by atoms with Crippen LogP contribution in [0.5, 0.6) is 0 Å². The maximum atomic E-state index is 12.7. The topological polar surface area (TPSA) is 67.8 Å². The molecule has 0 unspecified atom stereocenters. The van der Waals surface area contributed by atoms with Gasteiger partial charge >= 0.3 is 0 Å². The summed E-state index contributed by atoms with van der Waals surface area (Å²) in [4.78, 5) is 25.1. The molecule has 1 aromatic carbocycles. The third-order valence-electron chi connectivity index (χ3n) is 4.01. The first kappa shape index (κ1) is 16.8. The molecule has 0 spiro atoms. The van der Waals surface area contributed by atoms with Crippen molar-refractivity contribution in [3.05, 3.63) is 89.3 Å². The van der Waals surface area contributed by atoms with Crippen LogP contribution in [0.3, 0.4) is 0 Å². The molecule has 0 radical (unpaired) electrons.